The summed E-state index contributed by atoms with van der Waals surface area (Å²) in [6, 6.07) is 25.4. The molecule has 9 rings (SSSR count). The number of hydrogen-bond donors (Lipinski definition) is 5. The highest BCUT2D eigenvalue weighted by Crippen LogP contribution is 2.44. The number of hydrogen-bond acceptors (Lipinski definition) is 15. The van der Waals surface area contributed by atoms with E-state index < -0.39 is 64.0 Å². The summed E-state index contributed by atoms with van der Waals surface area (Å²) in [5.74, 6) is -2.92. The van der Waals surface area contributed by atoms with Crippen LogP contribution < -0.4 is 53.7 Å². The van der Waals surface area contributed by atoms with Crippen molar-refractivity contribution in [2.45, 2.75) is 109 Å². The van der Waals surface area contributed by atoms with Gasteiger partial charge in [0.1, 0.15) is 18.7 Å². The Balaban J connectivity index is 0.797. The zero-order chi connectivity index (χ0) is 60.5. The summed E-state index contributed by atoms with van der Waals surface area (Å²) >= 11 is 0. The van der Waals surface area contributed by atoms with Crippen LogP contribution >= 0.6 is 0 Å². The number of amides is 6. The first-order valence-corrected chi connectivity index (χ1v) is 29.6. The minimum absolute atomic E-state index is 0.0980. The third-order valence-corrected chi connectivity index (χ3v) is 16.1. The fourth-order valence-corrected chi connectivity index (χ4v) is 11.8. The van der Waals surface area contributed by atoms with Gasteiger partial charge in [-0.05, 0) is 104 Å². The van der Waals surface area contributed by atoms with E-state index in [0.717, 1.165) is 22.5 Å². The second kappa shape index (κ2) is 26.7. The summed E-state index contributed by atoms with van der Waals surface area (Å²) in [7, 11) is -1.50. The van der Waals surface area contributed by atoms with E-state index in [1.807, 2.05) is 59.5 Å². The molecule has 4 aliphatic rings. The summed E-state index contributed by atoms with van der Waals surface area (Å²) in [5.41, 5.74) is 6.01. The van der Waals surface area contributed by atoms with Gasteiger partial charge in [-0.15, -0.1) is 0 Å². The predicted molar refractivity (Wildman–Crippen MR) is 316 cm³/mol. The summed E-state index contributed by atoms with van der Waals surface area (Å²) in [4.78, 5) is 102. The number of methoxy groups -OCH3 is 2. The molecule has 23 nitrogen and oxygen atoms in total. The smallest absolute Gasteiger partial charge is 0.414 e. The van der Waals surface area contributed by atoms with Crippen molar-refractivity contribution >= 4 is 86.5 Å². The summed E-state index contributed by atoms with van der Waals surface area (Å²) in [5, 5.41) is 14.0. The van der Waals surface area contributed by atoms with Gasteiger partial charge in [-0.25, -0.2) is 9.52 Å². The van der Waals surface area contributed by atoms with E-state index in [4.69, 9.17) is 33.8 Å². The Bertz CT molecular complexity index is 3520. The highest BCUT2D eigenvalue weighted by Gasteiger charge is 2.43. The van der Waals surface area contributed by atoms with E-state index in [1.165, 1.54) is 26.0 Å². The second-order valence-electron chi connectivity index (χ2n) is 21.4. The molecule has 0 fully saturated rings. The first-order chi connectivity index (χ1) is 40.8. The van der Waals surface area contributed by atoms with Crippen molar-refractivity contribution in [2.24, 2.45) is 10.9 Å². The van der Waals surface area contributed by atoms with Gasteiger partial charge in [-0.3, -0.25) is 43.6 Å². The zero-order valence-electron chi connectivity index (χ0n) is 47.8. The molecule has 0 spiro atoms. The molecule has 6 amide bonds. The molecule has 0 aliphatic carbocycles. The fourth-order valence-electron chi connectivity index (χ4n) is 10.6. The molecule has 4 aliphatic heterocycles. The minimum atomic E-state index is -4.51. The van der Waals surface area contributed by atoms with Gasteiger partial charge in [0, 0.05) is 54.7 Å². The molecule has 448 valence electrons. The van der Waals surface area contributed by atoms with Gasteiger partial charge in [0.15, 0.2) is 23.0 Å². The molecule has 24 heteroatoms. The molecule has 4 atom stereocenters. The monoisotopic (exact) mass is 1180 g/mol. The Labute approximate surface area is 492 Å². The Morgan fingerprint density at radius 1 is 0.694 bits per heavy atom. The molecule has 5 aromatic rings. The van der Waals surface area contributed by atoms with Gasteiger partial charge >= 0.3 is 22.3 Å². The number of aliphatic carboxylic acids is 1. The van der Waals surface area contributed by atoms with E-state index in [-0.39, 0.29) is 74.5 Å². The van der Waals surface area contributed by atoms with Crippen molar-refractivity contribution in [1.82, 2.24) is 14.8 Å². The molecule has 0 aromatic heterocycles. The highest BCUT2D eigenvalue weighted by molar-refractivity contribution is 7.88. The van der Waals surface area contributed by atoms with Crippen LogP contribution in [0.1, 0.15) is 103 Å². The molecule has 0 saturated heterocycles. The summed E-state index contributed by atoms with van der Waals surface area (Å²) in [6.45, 7) is 5.10. The van der Waals surface area contributed by atoms with E-state index in [2.05, 4.69) is 15.4 Å². The number of aliphatic imine (C=N–C) groups is 1. The summed E-state index contributed by atoms with van der Waals surface area (Å²) < 4.78 is 59.4. The van der Waals surface area contributed by atoms with E-state index in [0.29, 0.717) is 84.2 Å². The number of anilines is 4. The van der Waals surface area contributed by atoms with Crippen LogP contribution in [0.2, 0.25) is 0 Å². The summed E-state index contributed by atoms with van der Waals surface area (Å²) in [6.07, 6.45) is 4.17. The Morgan fingerprint density at radius 3 is 1.96 bits per heavy atom. The van der Waals surface area contributed by atoms with E-state index in [9.17, 15) is 42.0 Å². The van der Waals surface area contributed by atoms with Crippen molar-refractivity contribution < 1.29 is 70.8 Å². The number of nitrogens with zero attached hydrogens (tertiary/aromatic N) is 4. The topological polar surface area (TPSA) is 290 Å². The molecule has 4 heterocycles. The number of para-hydroxylation sites is 2. The Morgan fingerprint density at radius 2 is 1.31 bits per heavy atom. The van der Waals surface area contributed by atoms with Crippen LogP contribution in [0.5, 0.6) is 23.0 Å². The van der Waals surface area contributed by atoms with Gasteiger partial charge in [0.2, 0.25) is 17.7 Å². The molecule has 0 bridgehead atoms. The average Bonchev–Trinajstić information content (AvgIpc) is 1.77. The predicted octanol–water partition coefficient (Wildman–Crippen LogP) is 7.41. The van der Waals surface area contributed by atoms with Crippen LogP contribution in [0.25, 0.3) is 0 Å². The Hall–Kier alpha value is -9.03. The van der Waals surface area contributed by atoms with Crippen LogP contribution in [0.4, 0.5) is 33.2 Å². The van der Waals surface area contributed by atoms with Crippen molar-refractivity contribution in [3.05, 3.63) is 125 Å². The van der Waals surface area contributed by atoms with Gasteiger partial charge in [-0.2, -0.15) is 13.1 Å². The van der Waals surface area contributed by atoms with Crippen molar-refractivity contribution in [3.8, 4) is 23.0 Å². The minimum Gasteiger partial charge on any atom is -0.493 e. The first kappa shape index (κ1) is 60.6. The van der Waals surface area contributed by atoms with E-state index >= 15 is 0 Å². The number of unbranched alkanes of at least 4 members (excludes halogenated alkanes) is 3. The second-order valence-corrected chi connectivity index (χ2v) is 22.8. The van der Waals surface area contributed by atoms with Gasteiger partial charge < -0.3 is 44.3 Å². The molecule has 5 N–H and O–H groups in total. The third-order valence-electron chi connectivity index (χ3n) is 15.0. The van der Waals surface area contributed by atoms with Crippen molar-refractivity contribution in [3.63, 3.8) is 0 Å². The lowest BCUT2D eigenvalue weighted by Gasteiger charge is -2.26. The van der Waals surface area contributed by atoms with Gasteiger partial charge in [-0.1, -0.05) is 62.4 Å². The number of carbonyl (C=O) groups excluding carboxylic acids is 6. The normalized spacial score (nSPS) is 16.3. The van der Waals surface area contributed by atoms with E-state index in [1.54, 1.807) is 72.2 Å². The number of benzene rings is 5. The third kappa shape index (κ3) is 14.1. The standard InChI is InChI=1S/C61H68N8O15S/c1-36(2)56(66-85(78,79)65-54(70)19-11-12-20-55(71)72)58(74)63-37(3)57(73)64-41-23-21-38(22-24-41)35-84-61(77)67-34-43-28-40-16-8-10-18-48(40)69(43)60(76)45-30-51(81-5)53(32-49(45)67)83-26-14-6-13-25-82-52-31-46-44(29-50(52)80-4)59(75)68-42(33-62-46)27-39-15-7-9-17-47(39)68/h7-10,15-18,21-24,29-33,36-37,42-43,56,66H,6,11-14,19-20,25-28,34-35H2,1-5H3,(H,63,74)(H,64,73)(H,65,70)(H,71,72)/t37?,42-,43-,56?/m0/s1. The molecule has 5 aromatic carbocycles. The van der Waals surface area contributed by atoms with Crippen molar-refractivity contribution in [2.75, 3.05) is 54.0 Å². The molecular weight excluding hydrogens is 1120 g/mol. The van der Waals surface area contributed by atoms with Crippen LogP contribution in [-0.4, -0.2) is 119 Å². The Kier molecular flexibility index (Phi) is 19.0. The van der Waals surface area contributed by atoms with Crippen LogP contribution in [0, 0.1) is 5.92 Å². The number of ether oxygens (including phenoxy) is 5. The fraction of sp³-hybridized carbons (Fsp3) is 0.377. The number of carboxylic acid groups (broad SMARTS) is 1. The zero-order valence-corrected chi connectivity index (χ0v) is 48.6. The number of carboxylic acids is 1. The van der Waals surface area contributed by atoms with Gasteiger partial charge in [0.25, 0.3) is 11.8 Å². The molecule has 0 saturated carbocycles. The number of carbonyl (C=O) groups is 7. The quantitative estimate of drug-likeness (QED) is 0.0356. The lowest BCUT2D eigenvalue weighted by molar-refractivity contribution is -0.137. The van der Waals surface area contributed by atoms with Crippen LogP contribution in [0.3, 0.4) is 0 Å². The van der Waals surface area contributed by atoms with Gasteiger partial charge in [0.05, 0.1) is 68.6 Å². The SMILES string of the molecule is COc1cc2c(cc1OCCCCCOc1cc3c(cc1OC)C(=O)N1c4ccccc4C[C@H]1CN3C(=O)OCc1ccc(NC(=O)C(C)NC(=O)C(NS(=O)(=O)NC(=O)CCCCC(=O)O)C(C)C)cc1)N=C[C@@H]1Cc3ccccc3N1C2=O. The number of fused-ring (bicyclic) bond motifs is 8. The molecule has 85 heavy (non-hydrogen) atoms. The first-order valence-electron chi connectivity index (χ1n) is 28.1. The highest BCUT2D eigenvalue weighted by atomic mass is 32.2. The van der Waals surface area contributed by atoms with Crippen molar-refractivity contribution in [1.29, 1.82) is 0 Å². The molecule has 0 radical (unpaired) electrons. The number of nitrogens with one attached hydrogen (secondary N) is 4. The molecular formula is C61H68N8O15S. The largest absolute Gasteiger partial charge is 0.493 e. The maximum absolute atomic E-state index is 14.6. The molecule has 2 unspecified atom stereocenters. The maximum Gasteiger partial charge on any atom is 0.414 e. The van der Waals surface area contributed by atoms with Crippen LogP contribution in [-0.2, 0) is 53.6 Å². The van der Waals surface area contributed by atoms with Crippen LogP contribution in [0.15, 0.2) is 102 Å². The lowest BCUT2D eigenvalue weighted by Crippen LogP contribution is -2.56. The maximum atomic E-state index is 14.6. The lowest BCUT2D eigenvalue weighted by atomic mass is 10.0. The average molecular weight is 1190 g/mol. The number of rotatable bonds is 25.